The number of halogens is 1. The van der Waals surface area contributed by atoms with Gasteiger partial charge in [-0.05, 0) is 49.6 Å². The summed E-state index contributed by atoms with van der Waals surface area (Å²) >= 11 is 6.11. The van der Waals surface area contributed by atoms with E-state index in [0.29, 0.717) is 31.0 Å². The van der Waals surface area contributed by atoms with Gasteiger partial charge < -0.3 is 4.74 Å². The molecule has 4 rings (SSSR count). The normalized spacial score (nSPS) is 16.4. The Hall–Kier alpha value is -2.15. The third kappa shape index (κ3) is 3.72. The Morgan fingerprint density at radius 3 is 2.61 bits per heavy atom. The highest BCUT2D eigenvalue weighted by atomic mass is 35.5. The number of pyridine rings is 1. The van der Waals surface area contributed by atoms with Crippen LogP contribution in [0.2, 0.25) is 5.02 Å². The molecule has 3 aromatic rings. The molecule has 0 aliphatic carbocycles. The topological polar surface area (TPSA) is 59.5 Å². The summed E-state index contributed by atoms with van der Waals surface area (Å²) in [5, 5.41) is 1.49. The summed E-state index contributed by atoms with van der Waals surface area (Å²) in [7, 11) is -3.55. The van der Waals surface area contributed by atoms with Gasteiger partial charge in [0.25, 0.3) is 0 Å². The van der Waals surface area contributed by atoms with Crippen LogP contribution in [0.3, 0.4) is 0 Å². The maximum Gasteiger partial charge on any atom is 0.243 e. The van der Waals surface area contributed by atoms with Gasteiger partial charge in [-0.1, -0.05) is 35.9 Å². The molecule has 7 heteroatoms. The van der Waals surface area contributed by atoms with Gasteiger partial charge in [0.1, 0.15) is 17.4 Å². The lowest BCUT2D eigenvalue weighted by Crippen LogP contribution is -2.41. The van der Waals surface area contributed by atoms with Crippen molar-refractivity contribution >= 4 is 32.5 Å². The molecular formula is C21H21ClN2O3S. The lowest BCUT2D eigenvalue weighted by atomic mass is 10.1. The van der Waals surface area contributed by atoms with Crippen LogP contribution in [0.1, 0.15) is 18.4 Å². The second-order valence-electron chi connectivity index (χ2n) is 6.96. The molecule has 28 heavy (non-hydrogen) atoms. The highest BCUT2D eigenvalue weighted by Gasteiger charge is 2.30. The number of rotatable bonds is 4. The Morgan fingerprint density at radius 1 is 1.11 bits per heavy atom. The molecule has 1 aliphatic rings. The monoisotopic (exact) mass is 416 g/mol. The molecule has 2 heterocycles. The molecule has 0 N–H and O–H groups in total. The lowest BCUT2D eigenvalue weighted by Gasteiger charge is -2.31. The Labute approximate surface area is 170 Å². The van der Waals surface area contributed by atoms with Gasteiger partial charge in [-0.2, -0.15) is 4.31 Å². The highest BCUT2D eigenvalue weighted by Crippen LogP contribution is 2.29. The van der Waals surface area contributed by atoms with Crippen molar-refractivity contribution in [3.63, 3.8) is 0 Å². The van der Waals surface area contributed by atoms with E-state index in [2.05, 4.69) is 4.98 Å². The van der Waals surface area contributed by atoms with Crippen molar-refractivity contribution in [3.8, 4) is 5.75 Å². The number of para-hydroxylation sites is 1. The average Bonchev–Trinajstić information content (AvgIpc) is 2.71. The van der Waals surface area contributed by atoms with E-state index in [9.17, 15) is 8.42 Å². The van der Waals surface area contributed by atoms with E-state index in [-0.39, 0.29) is 11.0 Å². The van der Waals surface area contributed by atoms with Crippen LogP contribution in [-0.4, -0.2) is 36.9 Å². The summed E-state index contributed by atoms with van der Waals surface area (Å²) in [6, 6.07) is 14.6. The first-order chi connectivity index (χ1) is 13.4. The molecule has 2 aromatic carbocycles. The molecule has 0 atom stereocenters. The zero-order valence-corrected chi connectivity index (χ0v) is 17.1. The predicted octanol–water partition coefficient (Wildman–Crippen LogP) is 4.43. The summed E-state index contributed by atoms with van der Waals surface area (Å²) < 4.78 is 33.5. The smallest absolute Gasteiger partial charge is 0.243 e. The minimum atomic E-state index is -3.55. The number of hydrogen-bond acceptors (Lipinski definition) is 4. The molecule has 5 nitrogen and oxygen atoms in total. The summed E-state index contributed by atoms with van der Waals surface area (Å²) in [5.74, 6) is 0.740. The van der Waals surface area contributed by atoms with Crippen LogP contribution in [0, 0.1) is 6.92 Å². The number of benzene rings is 2. The molecule has 0 bridgehead atoms. The number of piperidine rings is 1. The van der Waals surface area contributed by atoms with E-state index in [1.807, 2.05) is 37.3 Å². The standard InChI is InChI=1S/C21H21ClN2O3S/c1-15-7-8-18(14-19(15)22)28(25,26)24-12-9-17(10-13-24)27-20-6-2-4-16-5-3-11-23-21(16)20/h2-8,11,14,17H,9-10,12-13H2,1H3. The zero-order chi connectivity index (χ0) is 19.7. The number of aromatic nitrogens is 1. The van der Waals surface area contributed by atoms with Gasteiger partial charge in [-0.3, -0.25) is 4.98 Å². The fourth-order valence-electron chi connectivity index (χ4n) is 3.42. The fourth-order valence-corrected chi connectivity index (χ4v) is 5.17. The number of hydrogen-bond donors (Lipinski definition) is 0. The Balaban J connectivity index is 1.46. The minimum absolute atomic E-state index is 0.0411. The molecule has 0 radical (unpaired) electrons. The van der Waals surface area contributed by atoms with E-state index in [1.165, 1.54) is 10.4 Å². The molecular weight excluding hydrogens is 396 g/mol. The number of nitrogens with zero attached hydrogens (tertiary/aromatic N) is 2. The predicted molar refractivity (Wildman–Crippen MR) is 110 cm³/mol. The molecule has 146 valence electrons. The van der Waals surface area contributed by atoms with Crippen molar-refractivity contribution in [3.05, 3.63) is 65.3 Å². The zero-order valence-electron chi connectivity index (χ0n) is 15.5. The first kappa shape index (κ1) is 19.2. The van der Waals surface area contributed by atoms with Gasteiger partial charge in [0.15, 0.2) is 0 Å². The van der Waals surface area contributed by atoms with E-state index in [1.54, 1.807) is 18.3 Å². The van der Waals surface area contributed by atoms with E-state index < -0.39 is 10.0 Å². The molecule has 0 spiro atoms. The number of aryl methyl sites for hydroxylation is 1. The van der Waals surface area contributed by atoms with E-state index >= 15 is 0 Å². The molecule has 1 saturated heterocycles. The van der Waals surface area contributed by atoms with Crippen LogP contribution < -0.4 is 4.74 Å². The van der Waals surface area contributed by atoms with Crippen LogP contribution in [0.5, 0.6) is 5.75 Å². The lowest BCUT2D eigenvalue weighted by molar-refractivity contribution is 0.136. The second-order valence-corrected chi connectivity index (χ2v) is 9.31. The van der Waals surface area contributed by atoms with Crippen molar-refractivity contribution in [1.29, 1.82) is 0 Å². The van der Waals surface area contributed by atoms with E-state index in [4.69, 9.17) is 16.3 Å². The van der Waals surface area contributed by atoms with Gasteiger partial charge >= 0.3 is 0 Å². The van der Waals surface area contributed by atoms with Gasteiger partial charge in [0.2, 0.25) is 10.0 Å². The number of ether oxygens (including phenoxy) is 1. The summed E-state index contributed by atoms with van der Waals surface area (Å²) in [6.07, 6.45) is 2.96. The second kappa shape index (κ2) is 7.70. The molecule has 1 fully saturated rings. The SMILES string of the molecule is Cc1ccc(S(=O)(=O)N2CCC(Oc3cccc4cccnc34)CC2)cc1Cl. The quantitative estimate of drug-likeness (QED) is 0.631. The largest absolute Gasteiger partial charge is 0.488 e. The molecule has 1 aromatic heterocycles. The minimum Gasteiger partial charge on any atom is -0.488 e. The van der Waals surface area contributed by atoms with Crippen LogP contribution >= 0.6 is 11.6 Å². The average molecular weight is 417 g/mol. The van der Waals surface area contributed by atoms with Crippen molar-refractivity contribution in [2.75, 3.05) is 13.1 Å². The number of sulfonamides is 1. The van der Waals surface area contributed by atoms with Crippen molar-refractivity contribution in [1.82, 2.24) is 9.29 Å². The summed E-state index contributed by atoms with van der Waals surface area (Å²) in [6.45, 7) is 2.68. The van der Waals surface area contributed by atoms with Gasteiger partial charge in [0, 0.05) is 29.7 Å². The third-order valence-corrected chi connectivity index (χ3v) is 7.37. The summed E-state index contributed by atoms with van der Waals surface area (Å²) in [4.78, 5) is 4.65. The van der Waals surface area contributed by atoms with Gasteiger partial charge in [-0.25, -0.2) is 8.42 Å². The molecule has 0 saturated carbocycles. The van der Waals surface area contributed by atoms with Crippen LogP contribution in [0.25, 0.3) is 10.9 Å². The number of fused-ring (bicyclic) bond motifs is 1. The van der Waals surface area contributed by atoms with Gasteiger partial charge in [0.05, 0.1) is 4.90 Å². The molecule has 0 amide bonds. The van der Waals surface area contributed by atoms with Crippen molar-refractivity contribution in [2.24, 2.45) is 0 Å². The van der Waals surface area contributed by atoms with Crippen molar-refractivity contribution < 1.29 is 13.2 Å². The highest BCUT2D eigenvalue weighted by molar-refractivity contribution is 7.89. The Kier molecular flexibility index (Phi) is 5.27. The molecule has 1 aliphatic heterocycles. The maximum absolute atomic E-state index is 12.9. The molecule has 0 unspecified atom stereocenters. The fraction of sp³-hybridized carbons (Fsp3) is 0.286. The maximum atomic E-state index is 12.9. The summed E-state index contributed by atoms with van der Waals surface area (Å²) in [5.41, 5.74) is 1.69. The van der Waals surface area contributed by atoms with Crippen LogP contribution in [0.15, 0.2) is 59.6 Å². The van der Waals surface area contributed by atoms with E-state index in [0.717, 1.165) is 22.2 Å². The Bertz CT molecular complexity index is 1100. The van der Waals surface area contributed by atoms with Crippen LogP contribution in [0.4, 0.5) is 0 Å². The van der Waals surface area contributed by atoms with Crippen LogP contribution in [-0.2, 0) is 10.0 Å². The first-order valence-corrected chi connectivity index (χ1v) is 11.0. The van der Waals surface area contributed by atoms with Gasteiger partial charge in [-0.15, -0.1) is 0 Å². The third-order valence-electron chi connectivity index (χ3n) is 5.07. The Morgan fingerprint density at radius 2 is 1.86 bits per heavy atom. The first-order valence-electron chi connectivity index (χ1n) is 9.22. The van der Waals surface area contributed by atoms with Crippen molar-refractivity contribution in [2.45, 2.75) is 30.8 Å².